The summed E-state index contributed by atoms with van der Waals surface area (Å²) >= 11 is 11.9. The number of rotatable bonds is 3. The maximum absolute atomic E-state index is 11.1. The molecule has 0 unspecified atom stereocenters. The molecule has 1 aromatic carbocycles. The van der Waals surface area contributed by atoms with Gasteiger partial charge >= 0.3 is 0 Å². The summed E-state index contributed by atoms with van der Waals surface area (Å²) in [7, 11) is 1.44. The standard InChI is InChI=1S/C10H7Cl3N2O2S/c11-8-1-2-10(12)7(3-8)5-15-6-9(4-14-15)18(13,16)17/h1-4,6H,5H2. The molecule has 0 aliphatic carbocycles. The Hall–Kier alpha value is -0.750. The van der Waals surface area contributed by atoms with Crippen LogP contribution in [-0.4, -0.2) is 18.2 Å². The zero-order valence-electron chi connectivity index (χ0n) is 8.85. The SMILES string of the molecule is O=S(=O)(Cl)c1cnn(Cc2cc(Cl)ccc2Cl)c1. The van der Waals surface area contributed by atoms with Crippen molar-refractivity contribution in [3.05, 3.63) is 46.2 Å². The highest BCUT2D eigenvalue weighted by atomic mass is 35.7. The summed E-state index contributed by atoms with van der Waals surface area (Å²) in [4.78, 5) is -0.0534. The second kappa shape index (κ2) is 5.09. The maximum Gasteiger partial charge on any atom is 0.264 e. The van der Waals surface area contributed by atoms with Gasteiger partial charge in [0, 0.05) is 26.9 Å². The third-order valence-corrected chi connectivity index (χ3v) is 4.14. The Morgan fingerprint density at radius 3 is 2.61 bits per heavy atom. The van der Waals surface area contributed by atoms with Gasteiger partial charge in [-0.25, -0.2) is 8.42 Å². The fourth-order valence-corrected chi connectivity index (χ4v) is 2.43. The van der Waals surface area contributed by atoms with Gasteiger partial charge in [0.1, 0.15) is 4.90 Å². The van der Waals surface area contributed by atoms with Gasteiger partial charge in [-0.05, 0) is 23.8 Å². The van der Waals surface area contributed by atoms with Crippen molar-refractivity contribution in [3.63, 3.8) is 0 Å². The quantitative estimate of drug-likeness (QED) is 0.815. The monoisotopic (exact) mass is 324 g/mol. The van der Waals surface area contributed by atoms with Crippen molar-refractivity contribution in [3.8, 4) is 0 Å². The average molecular weight is 326 g/mol. The summed E-state index contributed by atoms with van der Waals surface area (Å²) in [5.74, 6) is 0. The predicted octanol–water partition coefficient (Wildman–Crippen LogP) is 3.17. The summed E-state index contributed by atoms with van der Waals surface area (Å²) in [6.45, 7) is 0.311. The highest BCUT2D eigenvalue weighted by molar-refractivity contribution is 8.13. The van der Waals surface area contributed by atoms with Gasteiger partial charge in [0.15, 0.2) is 0 Å². The number of halogens is 3. The van der Waals surface area contributed by atoms with E-state index in [0.717, 1.165) is 5.56 Å². The van der Waals surface area contributed by atoms with E-state index in [1.165, 1.54) is 17.1 Å². The lowest BCUT2D eigenvalue weighted by molar-refractivity contribution is 0.609. The minimum Gasteiger partial charge on any atom is -0.267 e. The molecule has 18 heavy (non-hydrogen) atoms. The molecule has 2 aromatic rings. The topological polar surface area (TPSA) is 52.0 Å². The fourth-order valence-electron chi connectivity index (χ4n) is 1.40. The molecule has 1 aromatic heterocycles. The van der Waals surface area contributed by atoms with Crippen LogP contribution in [0.5, 0.6) is 0 Å². The normalized spacial score (nSPS) is 11.7. The van der Waals surface area contributed by atoms with E-state index in [-0.39, 0.29) is 4.90 Å². The van der Waals surface area contributed by atoms with Crippen LogP contribution >= 0.6 is 33.9 Å². The van der Waals surface area contributed by atoms with Gasteiger partial charge in [0.2, 0.25) is 0 Å². The molecular weight excluding hydrogens is 319 g/mol. The summed E-state index contributed by atoms with van der Waals surface area (Å²) in [5.41, 5.74) is 0.741. The summed E-state index contributed by atoms with van der Waals surface area (Å²) < 4.78 is 23.6. The Morgan fingerprint density at radius 2 is 2.00 bits per heavy atom. The van der Waals surface area contributed by atoms with E-state index in [1.54, 1.807) is 18.2 Å². The van der Waals surface area contributed by atoms with Gasteiger partial charge in [-0.3, -0.25) is 4.68 Å². The van der Waals surface area contributed by atoms with Crippen molar-refractivity contribution < 1.29 is 8.42 Å². The van der Waals surface area contributed by atoms with Gasteiger partial charge in [-0.15, -0.1) is 0 Å². The maximum atomic E-state index is 11.1. The fraction of sp³-hybridized carbons (Fsp3) is 0.100. The van der Waals surface area contributed by atoms with Gasteiger partial charge in [-0.1, -0.05) is 23.2 Å². The Bertz CT molecular complexity index is 682. The zero-order valence-corrected chi connectivity index (χ0v) is 11.9. The van der Waals surface area contributed by atoms with Crippen molar-refractivity contribution >= 4 is 42.9 Å². The van der Waals surface area contributed by atoms with Crippen LogP contribution in [0.2, 0.25) is 10.0 Å². The minimum absolute atomic E-state index is 0.0534. The van der Waals surface area contributed by atoms with E-state index in [0.29, 0.717) is 16.6 Å². The molecule has 0 N–H and O–H groups in total. The van der Waals surface area contributed by atoms with Crippen LogP contribution in [0.15, 0.2) is 35.5 Å². The first-order valence-electron chi connectivity index (χ1n) is 4.77. The molecule has 4 nitrogen and oxygen atoms in total. The van der Waals surface area contributed by atoms with Crippen LogP contribution < -0.4 is 0 Å². The molecule has 2 rings (SSSR count). The molecule has 0 saturated carbocycles. The Balaban J connectivity index is 2.29. The van der Waals surface area contributed by atoms with Crippen LogP contribution in [-0.2, 0) is 15.6 Å². The van der Waals surface area contributed by atoms with Crippen LogP contribution in [0, 0.1) is 0 Å². The molecular formula is C10H7Cl3N2O2S. The molecule has 0 saturated heterocycles. The van der Waals surface area contributed by atoms with E-state index in [9.17, 15) is 8.42 Å². The van der Waals surface area contributed by atoms with E-state index in [1.807, 2.05) is 0 Å². The molecule has 96 valence electrons. The van der Waals surface area contributed by atoms with Gasteiger partial charge in [0.05, 0.1) is 12.7 Å². The van der Waals surface area contributed by atoms with E-state index >= 15 is 0 Å². The Labute approximate surface area is 118 Å². The third kappa shape index (κ3) is 3.17. The Morgan fingerprint density at radius 1 is 1.28 bits per heavy atom. The highest BCUT2D eigenvalue weighted by Crippen LogP contribution is 2.22. The lowest BCUT2D eigenvalue weighted by Crippen LogP contribution is -2.00. The predicted molar refractivity (Wildman–Crippen MR) is 70.8 cm³/mol. The van der Waals surface area contributed by atoms with Crippen molar-refractivity contribution in [2.75, 3.05) is 0 Å². The number of hydrogen-bond acceptors (Lipinski definition) is 3. The molecule has 0 fully saturated rings. The average Bonchev–Trinajstić information content (AvgIpc) is 2.71. The minimum atomic E-state index is -3.76. The lowest BCUT2D eigenvalue weighted by Gasteiger charge is -2.04. The highest BCUT2D eigenvalue weighted by Gasteiger charge is 2.13. The van der Waals surface area contributed by atoms with Crippen LogP contribution in [0.4, 0.5) is 0 Å². The van der Waals surface area contributed by atoms with Gasteiger partial charge in [0.25, 0.3) is 9.05 Å². The van der Waals surface area contributed by atoms with Crippen LogP contribution in [0.1, 0.15) is 5.56 Å². The summed E-state index contributed by atoms with van der Waals surface area (Å²) in [6, 6.07) is 5.04. The van der Waals surface area contributed by atoms with Gasteiger partial charge in [-0.2, -0.15) is 5.10 Å². The molecule has 1 heterocycles. The molecule has 0 aliphatic rings. The number of nitrogens with zero attached hydrogens (tertiary/aromatic N) is 2. The Kier molecular flexibility index (Phi) is 3.87. The third-order valence-electron chi connectivity index (χ3n) is 2.23. The lowest BCUT2D eigenvalue weighted by atomic mass is 10.2. The number of hydrogen-bond donors (Lipinski definition) is 0. The summed E-state index contributed by atoms with van der Waals surface area (Å²) in [5, 5.41) is 4.98. The van der Waals surface area contributed by atoms with Gasteiger partial charge < -0.3 is 0 Å². The second-order valence-electron chi connectivity index (χ2n) is 3.55. The van der Waals surface area contributed by atoms with Crippen LogP contribution in [0.3, 0.4) is 0 Å². The molecule has 0 spiro atoms. The number of aromatic nitrogens is 2. The molecule has 0 bridgehead atoms. The van der Waals surface area contributed by atoms with Crippen molar-refractivity contribution in [2.24, 2.45) is 0 Å². The largest absolute Gasteiger partial charge is 0.267 e. The van der Waals surface area contributed by atoms with Crippen molar-refractivity contribution in [2.45, 2.75) is 11.4 Å². The van der Waals surface area contributed by atoms with E-state index < -0.39 is 9.05 Å². The molecule has 0 amide bonds. The molecule has 8 heteroatoms. The van der Waals surface area contributed by atoms with Crippen LogP contribution in [0.25, 0.3) is 0 Å². The molecule has 0 radical (unpaired) electrons. The van der Waals surface area contributed by atoms with Crippen molar-refractivity contribution in [1.29, 1.82) is 0 Å². The first-order chi connectivity index (χ1) is 8.36. The first-order valence-corrected chi connectivity index (χ1v) is 7.84. The number of benzene rings is 1. The molecule has 0 aliphatic heterocycles. The van der Waals surface area contributed by atoms with E-state index in [4.69, 9.17) is 33.9 Å². The smallest absolute Gasteiger partial charge is 0.264 e. The van der Waals surface area contributed by atoms with E-state index in [2.05, 4.69) is 5.10 Å². The molecule has 0 atom stereocenters. The second-order valence-corrected chi connectivity index (χ2v) is 6.96. The zero-order chi connectivity index (χ0) is 13.3. The summed E-state index contributed by atoms with van der Waals surface area (Å²) in [6.07, 6.45) is 2.51. The first kappa shape index (κ1) is 13.7. The van der Waals surface area contributed by atoms with Crippen molar-refractivity contribution in [1.82, 2.24) is 9.78 Å².